The van der Waals surface area contributed by atoms with Gasteiger partial charge in [0.15, 0.2) is 0 Å². The Kier molecular flexibility index (Phi) is 12.6. The number of ether oxygens (including phenoxy) is 1. The van der Waals surface area contributed by atoms with Crippen molar-refractivity contribution < 1.29 is 14.6 Å². The molecule has 0 aliphatic heterocycles. The van der Waals surface area contributed by atoms with E-state index in [1.54, 1.807) is 0 Å². The molecule has 0 amide bonds. The van der Waals surface area contributed by atoms with E-state index in [1.165, 1.54) is 45.4 Å². The molecule has 2 atom stereocenters. The summed E-state index contributed by atoms with van der Waals surface area (Å²) in [7, 11) is 0. The van der Waals surface area contributed by atoms with Crippen LogP contribution in [0.15, 0.2) is 12.2 Å². The third-order valence-corrected chi connectivity index (χ3v) is 3.33. The summed E-state index contributed by atoms with van der Waals surface area (Å²) in [5.41, 5.74) is 0. The maximum absolute atomic E-state index is 10.6. The van der Waals surface area contributed by atoms with E-state index in [0.29, 0.717) is 12.3 Å². The molecular formula is C17H32O3. The summed E-state index contributed by atoms with van der Waals surface area (Å²) in [5, 5.41) is 9.35. The van der Waals surface area contributed by atoms with E-state index in [9.17, 15) is 9.90 Å². The molecule has 118 valence electrons. The highest BCUT2D eigenvalue weighted by Gasteiger charge is 2.06. The zero-order chi connectivity index (χ0) is 15.2. The van der Waals surface area contributed by atoms with Crippen molar-refractivity contribution in [2.45, 2.75) is 84.8 Å². The Morgan fingerprint density at radius 2 is 1.75 bits per heavy atom. The van der Waals surface area contributed by atoms with Gasteiger partial charge in [-0.2, -0.15) is 0 Å². The summed E-state index contributed by atoms with van der Waals surface area (Å²) in [6.45, 7) is 5.80. The molecule has 0 aliphatic carbocycles. The summed E-state index contributed by atoms with van der Waals surface area (Å²) < 4.78 is 4.67. The van der Waals surface area contributed by atoms with Crippen LogP contribution in [0, 0.1) is 5.92 Å². The van der Waals surface area contributed by atoms with E-state index >= 15 is 0 Å². The largest absolute Gasteiger partial charge is 0.436 e. The average Bonchev–Trinajstić information content (AvgIpc) is 2.37. The second kappa shape index (κ2) is 13.2. The standard InChI is InChI=1S/C17H32O3/c1-4-5-9-12-15(2)13-10-7-6-8-11-14-17(19)20-16(3)18/h9,12,15,17,19H,4-8,10-11,13-14H2,1-3H3. The van der Waals surface area contributed by atoms with Gasteiger partial charge in [0.25, 0.3) is 0 Å². The van der Waals surface area contributed by atoms with Gasteiger partial charge in [0.05, 0.1) is 0 Å². The highest BCUT2D eigenvalue weighted by Crippen LogP contribution is 2.14. The van der Waals surface area contributed by atoms with Crippen LogP contribution in [0.4, 0.5) is 0 Å². The number of carbonyl (C=O) groups is 1. The van der Waals surface area contributed by atoms with Crippen LogP contribution >= 0.6 is 0 Å². The van der Waals surface area contributed by atoms with Gasteiger partial charge in [-0.15, -0.1) is 0 Å². The number of hydrogen-bond donors (Lipinski definition) is 1. The van der Waals surface area contributed by atoms with Crippen molar-refractivity contribution in [3.8, 4) is 0 Å². The van der Waals surface area contributed by atoms with E-state index in [2.05, 4.69) is 30.7 Å². The first-order valence-corrected chi connectivity index (χ1v) is 8.08. The number of aliphatic hydroxyl groups excluding tert-OH is 1. The van der Waals surface area contributed by atoms with E-state index in [4.69, 9.17) is 0 Å². The van der Waals surface area contributed by atoms with Crippen LogP contribution in [0.25, 0.3) is 0 Å². The summed E-state index contributed by atoms with van der Waals surface area (Å²) in [6.07, 6.45) is 13.6. The molecule has 0 saturated carbocycles. The summed E-state index contributed by atoms with van der Waals surface area (Å²) >= 11 is 0. The minimum atomic E-state index is -0.920. The lowest BCUT2D eigenvalue weighted by Crippen LogP contribution is -2.14. The van der Waals surface area contributed by atoms with Gasteiger partial charge in [0.1, 0.15) is 0 Å². The lowest BCUT2D eigenvalue weighted by atomic mass is 10.0. The Bertz CT molecular complexity index is 261. The van der Waals surface area contributed by atoms with Crippen molar-refractivity contribution in [2.24, 2.45) is 5.92 Å². The zero-order valence-electron chi connectivity index (χ0n) is 13.4. The third-order valence-electron chi connectivity index (χ3n) is 3.33. The maximum Gasteiger partial charge on any atom is 0.304 e. The molecule has 0 fully saturated rings. The monoisotopic (exact) mass is 284 g/mol. The number of allylic oxidation sites excluding steroid dienone is 2. The minimum Gasteiger partial charge on any atom is -0.436 e. The Morgan fingerprint density at radius 3 is 2.35 bits per heavy atom. The van der Waals surface area contributed by atoms with Gasteiger partial charge in [0, 0.05) is 13.3 Å². The molecular weight excluding hydrogens is 252 g/mol. The van der Waals surface area contributed by atoms with Crippen LogP contribution in [0.3, 0.4) is 0 Å². The molecule has 1 N–H and O–H groups in total. The molecule has 20 heavy (non-hydrogen) atoms. The first-order chi connectivity index (χ1) is 9.56. The summed E-state index contributed by atoms with van der Waals surface area (Å²) in [6, 6.07) is 0. The molecule has 0 bridgehead atoms. The smallest absolute Gasteiger partial charge is 0.304 e. The van der Waals surface area contributed by atoms with Crippen molar-refractivity contribution in [3.05, 3.63) is 12.2 Å². The molecule has 0 aliphatic rings. The number of unbranched alkanes of at least 4 members (excludes halogenated alkanes) is 5. The number of esters is 1. The van der Waals surface area contributed by atoms with Crippen molar-refractivity contribution in [1.29, 1.82) is 0 Å². The van der Waals surface area contributed by atoms with Gasteiger partial charge < -0.3 is 9.84 Å². The van der Waals surface area contributed by atoms with Crippen LogP contribution in [0.1, 0.15) is 78.6 Å². The van der Waals surface area contributed by atoms with Crippen LogP contribution < -0.4 is 0 Å². The van der Waals surface area contributed by atoms with Gasteiger partial charge in [-0.25, -0.2) is 0 Å². The molecule has 0 radical (unpaired) electrons. The topological polar surface area (TPSA) is 46.5 Å². The fraction of sp³-hybridized carbons (Fsp3) is 0.824. The molecule has 2 unspecified atom stereocenters. The minimum absolute atomic E-state index is 0.414. The number of hydrogen-bond acceptors (Lipinski definition) is 3. The van der Waals surface area contributed by atoms with E-state index in [1.807, 2.05) is 0 Å². The Hall–Kier alpha value is -0.830. The van der Waals surface area contributed by atoms with Crippen molar-refractivity contribution >= 4 is 5.97 Å². The van der Waals surface area contributed by atoms with Gasteiger partial charge in [-0.3, -0.25) is 4.79 Å². The van der Waals surface area contributed by atoms with Gasteiger partial charge in [0.2, 0.25) is 6.29 Å². The van der Waals surface area contributed by atoms with E-state index in [0.717, 1.165) is 12.8 Å². The van der Waals surface area contributed by atoms with Crippen LogP contribution in [-0.2, 0) is 9.53 Å². The van der Waals surface area contributed by atoms with Crippen molar-refractivity contribution in [1.82, 2.24) is 0 Å². The number of carbonyl (C=O) groups excluding carboxylic acids is 1. The predicted molar refractivity (Wildman–Crippen MR) is 83.3 cm³/mol. The molecule has 0 aromatic rings. The molecule has 3 heteroatoms. The lowest BCUT2D eigenvalue weighted by molar-refractivity contribution is -0.165. The number of rotatable bonds is 12. The Balaban J connectivity index is 3.34. The molecule has 3 nitrogen and oxygen atoms in total. The molecule has 0 rings (SSSR count). The van der Waals surface area contributed by atoms with E-state index < -0.39 is 12.3 Å². The van der Waals surface area contributed by atoms with Crippen molar-refractivity contribution in [3.63, 3.8) is 0 Å². The van der Waals surface area contributed by atoms with Gasteiger partial charge >= 0.3 is 5.97 Å². The van der Waals surface area contributed by atoms with Gasteiger partial charge in [-0.1, -0.05) is 58.1 Å². The first kappa shape index (κ1) is 19.2. The summed E-state index contributed by atoms with van der Waals surface area (Å²) in [5.74, 6) is 0.273. The van der Waals surface area contributed by atoms with Crippen LogP contribution in [0.2, 0.25) is 0 Å². The fourth-order valence-electron chi connectivity index (χ4n) is 2.16. The Morgan fingerprint density at radius 1 is 1.15 bits per heavy atom. The maximum atomic E-state index is 10.6. The second-order valence-corrected chi connectivity index (χ2v) is 5.60. The first-order valence-electron chi connectivity index (χ1n) is 8.08. The molecule has 0 heterocycles. The normalized spacial score (nSPS) is 14.4. The SMILES string of the molecule is CCCC=CC(C)CCCCCCCC(O)OC(C)=O. The van der Waals surface area contributed by atoms with Crippen LogP contribution in [-0.4, -0.2) is 17.4 Å². The van der Waals surface area contributed by atoms with Crippen molar-refractivity contribution in [2.75, 3.05) is 0 Å². The highest BCUT2D eigenvalue weighted by atomic mass is 16.6. The second-order valence-electron chi connectivity index (χ2n) is 5.60. The highest BCUT2D eigenvalue weighted by molar-refractivity contribution is 5.65. The van der Waals surface area contributed by atoms with Crippen LogP contribution in [0.5, 0.6) is 0 Å². The summed E-state index contributed by atoms with van der Waals surface area (Å²) in [4.78, 5) is 10.6. The fourth-order valence-corrected chi connectivity index (χ4v) is 2.16. The average molecular weight is 284 g/mol. The molecule has 0 aromatic heterocycles. The molecule has 0 spiro atoms. The Labute approximate surface area is 124 Å². The predicted octanol–water partition coefficient (Wildman–Crippen LogP) is 4.59. The van der Waals surface area contributed by atoms with Gasteiger partial charge in [-0.05, 0) is 25.2 Å². The molecule has 0 aromatic carbocycles. The molecule has 0 saturated heterocycles. The quantitative estimate of drug-likeness (QED) is 0.247. The van der Waals surface area contributed by atoms with E-state index in [-0.39, 0.29) is 0 Å². The lowest BCUT2D eigenvalue weighted by Gasteiger charge is -2.10. The zero-order valence-corrected chi connectivity index (χ0v) is 13.4. The third kappa shape index (κ3) is 13.6. The number of aliphatic hydroxyl groups is 1.